The van der Waals surface area contributed by atoms with E-state index < -0.39 is 0 Å². The second kappa shape index (κ2) is 10.3. The van der Waals surface area contributed by atoms with Gasteiger partial charge in [-0.3, -0.25) is 19.4 Å². The van der Waals surface area contributed by atoms with Crippen LogP contribution < -0.4 is 5.32 Å². The molecule has 1 aliphatic rings. The maximum atomic E-state index is 13.3. The fourth-order valence-corrected chi connectivity index (χ4v) is 3.58. The molecule has 0 aliphatic carbocycles. The number of nitrogens with zero attached hydrogens (tertiary/aromatic N) is 4. The fraction of sp³-hybridized carbons (Fsp3) is 0.348. The van der Waals surface area contributed by atoms with E-state index in [2.05, 4.69) is 20.3 Å². The van der Waals surface area contributed by atoms with Crippen LogP contribution in [0.25, 0.3) is 11.3 Å². The van der Waals surface area contributed by atoms with Crippen molar-refractivity contribution in [1.82, 2.24) is 25.0 Å². The number of aromatic nitrogens is 3. The summed E-state index contributed by atoms with van der Waals surface area (Å²) in [4.78, 5) is 18.9. The molecule has 0 radical (unpaired) electrons. The minimum absolute atomic E-state index is 0.0852. The van der Waals surface area contributed by atoms with Crippen LogP contribution in [-0.4, -0.2) is 65.0 Å². The first kappa shape index (κ1) is 21.1. The number of carbonyl (C=O) groups is 1. The molecule has 1 fully saturated rings. The normalized spacial score (nSPS) is 14.5. The van der Waals surface area contributed by atoms with Gasteiger partial charge in [0, 0.05) is 56.3 Å². The summed E-state index contributed by atoms with van der Waals surface area (Å²) in [6, 6.07) is 12.1. The second-order valence-corrected chi connectivity index (χ2v) is 7.52. The number of benzene rings is 1. The van der Waals surface area contributed by atoms with Crippen molar-refractivity contribution in [3.05, 3.63) is 71.9 Å². The predicted molar refractivity (Wildman–Crippen MR) is 115 cm³/mol. The molecule has 1 N–H and O–H groups in total. The molecule has 0 bridgehead atoms. The van der Waals surface area contributed by atoms with E-state index >= 15 is 0 Å². The molecule has 31 heavy (non-hydrogen) atoms. The Labute approximate surface area is 180 Å². The third-order valence-corrected chi connectivity index (χ3v) is 5.29. The summed E-state index contributed by atoms with van der Waals surface area (Å²) in [7, 11) is 0. The number of pyridine rings is 1. The maximum Gasteiger partial charge on any atom is 0.241 e. The van der Waals surface area contributed by atoms with E-state index in [0.717, 1.165) is 55.4 Å². The van der Waals surface area contributed by atoms with Crippen molar-refractivity contribution in [2.45, 2.75) is 13.0 Å². The van der Waals surface area contributed by atoms with Gasteiger partial charge < -0.3 is 10.1 Å². The van der Waals surface area contributed by atoms with Gasteiger partial charge in [0.1, 0.15) is 12.4 Å². The first-order chi connectivity index (χ1) is 15.2. The van der Waals surface area contributed by atoms with Gasteiger partial charge in [0.15, 0.2) is 0 Å². The highest BCUT2D eigenvalue weighted by Crippen LogP contribution is 2.20. The monoisotopic (exact) mass is 423 g/mol. The van der Waals surface area contributed by atoms with Gasteiger partial charge in [-0.15, -0.1) is 0 Å². The molecule has 162 valence electrons. The molecule has 1 saturated heterocycles. The summed E-state index contributed by atoms with van der Waals surface area (Å²) in [5.41, 5.74) is 3.56. The van der Waals surface area contributed by atoms with Gasteiger partial charge >= 0.3 is 0 Å². The van der Waals surface area contributed by atoms with Crippen LogP contribution in [-0.2, 0) is 22.5 Å². The van der Waals surface area contributed by atoms with Gasteiger partial charge in [-0.05, 0) is 35.9 Å². The molecule has 1 aromatic carbocycles. The lowest BCUT2D eigenvalue weighted by molar-refractivity contribution is -0.121. The van der Waals surface area contributed by atoms with E-state index in [1.54, 1.807) is 29.2 Å². The summed E-state index contributed by atoms with van der Waals surface area (Å²) in [6.07, 6.45) is 3.98. The van der Waals surface area contributed by atoms with Crippen molar-refractivity contribution < 1.29 is 13.9 Å². The van der Waals surface area contributed by atoms with Crippen molar-refractivity contribution in [3.63, 3.8) is 0 Å². The number of carbonyl (C=O) groups excluding carboxylic acids is 1. The molecule has 4 rings (SSSR count). The van der Waals surface area contributed by atoms with Crippen LogP contribution in [0.3, 0.4) is 0 Å². The van der Waals surface area contributed by atoms with Gasteiger partial charge in [0.2, 0.25) is 5.91 Å². The van der Waals surface area contributed by atoms with Gasteiger partial charge in [-0.1, -0.05) is 12.1 Å². The smallest absolute Gasteiger partial charge is 0.241 e. The molecule has 3 heterocycles. The van der Waals surface area contributed by atoms with Crippen molar-refractivity contribution in [2.24, 2.45) is 0 Å². The Kier molecular flexibility index (Phi) is 7.01. The van der Waals surface area contributed by atoms with Crippen molar-refractivity contribution in [1.29, 1.82) is 0 Å². The number of hydrogen-bond acceptors (Lipinski definition) is 5. The number of hydrogen-bond donors (Lipinski definition) is 1. The van der Waals surface area contributed by atoms with E-state index in [9.17, 15) is 9.18 Å². The molecule has 0 unspecified atom stereocenters. The zero-order valence-electron chi connectivity index (χ0n) is 17.3. The molecule has 8 heteroatoms. The summed E-state index contributed by atoms with van der Waals surface area (Å²) >= 11 is 0. The number of amides is 1. The quantitative estimate of drug-likeness (QED) is 0.601. The third kappa shape index (κ3) is 5.96. The van der Waals surface area contributed by atoms with Crippen LogP contribution in [0.5, 0.6) is 0 Å². The minimum atomic E-state index is -0.269. The Morgan fingerprint density at radius 2 is 1.84 bits per heavy atom. The average Bonchev–Trinajstić information content (AvgIpc) is 3.19. The lowest BCUT2D eigenvalue weighted by Crippen LogP contribution is -2.42. The van der Waals surface area contributed by atoms with Crippen LogP contribution in [0.4, 0.5) is 4.39 Å². The lowest BCUT2D eigenvalue weighted by atomic mass is 10.1. The average molecular weight is 423 g/mol. The van der Waals surface area contributed by atoms with E-state index in [0.29, 0.717) is 13.0 Å². The SMILES string of the molecule is O=C(Cn1nc(-c2ccncc2)cc1Cc1ccc(F)cc1)NCCN1CCOCC1. The Hall–Kier alpha value is -3.10. The highest BCUT2D eigenvalue weighted by atomic mass is 19.1. The third-order valence-electron chi connectivity index (χ3n) is 5.29. The van der Waals surface area contributed by atoms with E-state index in [1.807, 2.05) is 18.2 Å². The minimum Gasteiger partial charge on any atom is -0.379 e. The summed E-state index contributed by atoms with van der Waals surface area (Å²) in [5.74, 6) is -0.354. The number of morpholine rings is 1. The molecular weight excluding hydrogens is 397 g/mol. The Bertz CT molecular complexity index is 985. The van der Waals surface area contributed by atoms with Crippen molar-refractivity contribution >= 4 is 5.91 Å². The fourth-order valence-electron chi connectivity index (χ4n) is 3.58. The van der Waals surface area contributed by atoms with E-state index in [4.69, 9.17) is 4.74 Å². The first-order valence-electron chi connectivity index (χ1n) is 10.5. The van der Waals surface area contributed by atoms with Crippen LogP contribution in [0.2, 0.25) is 0 Å². The molecule has 1 aliphatic heterocycles. The molecular formula is C23H26FN5O2. The van der Waals surface area contributed by atoms with Gasteiger partial charge in [0.25, 0.3) is 0 Å². The van der Waals surface area contributed by atoms with Crippen molar-refractivity contribution in [2.75, 3.05) is 39.4 Å². The standard InChI is InChI=1S/C23H26FN5O2/c24-20-3-1-18(2-4-20)15-21-16-22(19-5-7-25-8-6-19)27-29(21)17-23(30)26-9-10-28-11-13-31-14-12-28/h1-8,16H,9-15,17H2,(H,26,30). The summed E-state index contributed by atoms with van der Waals surface area (Å²) in [5, 5.41) is 7.64. The predicted octanol–water partition coefficient (Wildman–Crippen LogP) is 2.12. The molecule has 7 nitrogen and oxygen atoms in total. The van der Waals surface area contributed by atoms with Crippen molar-refractivity contribution in [3.8, 4) is 11.3 Å². The van der Waals surface area contributed by atoms with E-state index in [1.165, 1.54) is 12.1 Å². The van der Waals surface area contributed by atoms with E-state index in [-0.39, 0.29) is 18.3 Å². The topological polar surface area (TPSA) is 72.3 Å². The summed E-state index contributed by atoms with van der Waals surface area (Å²) in [6.45, 7) is 4.80. The molecule has 0 atom stereocenters. The Balaban J connectivity index is 1.44. The molecule has 0 saturated carbocycles. The molecule has 2 aromatic heterocycles. The number of ether oxygens (including phenoxy) is 1. The molecule has 1 amide bonds. The zero-order valence-corrected chi connectivity index (χ0v) is 17.3. The maximum absolute atomic E-state index is 13.3. The molecule has 0 spiro atoms. The van der Waals surface area contributed by atoms with Gasteiger partial charge in [-0.2, -0.15) is 5.10 Å². The van der Waals surface area contributed by atoms with Gasteiger partial charge in [0.05, 0.1) is 18.9 Å². The van der Waals surface area contributed by atoms with Crippen LogP contribution in [0, 0.1) is 5.82 Å². The highest BCUT2D eigenvalue weighted by Gasteiger charge is 2.14. The number of halogens is 1. The lowest BCUT2D eigenvalue weighted by Gasteiger charge is -2.26. The number of nitrogens with one attached hydrogen (secondary N) is 1. The number of rotatable bonds is 8. The first-order valence-corrected chi connectivity index (χ1v) is 10.5. The molecule has 3 aromatic rings. The largest absolute Gasteiger partial charge is 0.379 e. The Morgan fingerprint density at radius 1 is 1.10 bits per heavy atom. The summed E-state index contributed by atoms with van der Waals surface area (Å²) < 4.78 is 20.3. The zero-order chi connectivity index (χ0) is 21.5. The van der Waals surface area contributed by atoms with Crippen LogP contribution in [0.1, 0.15) is 11.3 Å². The van der Waals surface area contributed by atoms with Gasteiger partial charge in [-0.25, -0.2) is 4.39 Å². The van der Waals surface area contributed by atoms with Crippen LogP contribution >= 0.6 is 0 Å². The van der Waals surface area contributed by atoms with Crippen LogP contribution in [0.15, 0.2) is 54.9 Å². The second-order valence-electron chi connectivity index (χ2n) is 7.52. The highest BCUT2D eigenvalue weighted by molar-refractivity contribution is 5.75. The Morgan fingerprint density at radius 3 is 2.58 bits per heavy atom.